The van der Waals surface area contributed by atoms with Crippen molar-refractivity contribution in [2.45, 2.75) is 26.2 Å². The van der Waals surface area contributed by atoms with Crippen LogP contribution in [0.4, 0.5) is 0 Å². The highest BCUT2D eigenvalue weighted by molar-refractivity contribution is 5.94. The molecule has 1 amide bonds. The van der Waals surface area contributed by atoms with Gasteiger partial charge >= 0.3 is 0 Å². The van der Waals surface area contributed by atoms with Gasteiger partial charge in [0.15, 0.2) is 0 Å². The SMILES string of the molecule is CCCCNC(=O)c1ccc(OCCc2ccccc2)cc1. The van der Waals surface area contributed by atoms with Crippen LogP contribution in [0, 0.1) is 0 Å². The number of carbonyl (C=O) groups excluding carboxylic acids is 1. The van der Waals surface area contributed by atoms with Crippen LogP contribution in [-0.4, -0.2) is 19.1 Å². The third-order valence-corrected chi connectivity index (χ3v) is 3.43. The average Bonchev–Trinajstić information content (AvgIpc) is 2.56. The molecule has 0 saturated carbocycles. The number of hydrogen-bond acceptors (Lipinski definition) is 2. The first-order valence-corrected chi connectivity index (χ1v) is 7.84. The van der Waals surface area contributed by atoms with Crippen molar-refractivity contribution in [1.82, 2.24) is 5.32 Å². The fraction of sp³-hybridized carbons (Fsp3) is 0.316. The Morgan fingerprint density at radius 3 is 2.45 bits per heavy atom. The Balaban J connectivity index is 1.78. The van der Waals surface area contributed by atoms with Gasteiger partial charge in [-0.15, -0.1) is 0 Å². The molecular weight excluding hydrogens is 274 g/mol. The summed E-state index contributed by atoms with van der Waals surface area (Å²) < 4.78 is 5.71. The fourth-order valence-corrected chi connectivity index (χ4v) is 2.11. The highest BCUT2D eigenvalue weighted by Gasteiger charge is 2.04. The maximum Gasteiger partial charge on any atom is 0.251 e. The molecular formula is C19H23NO2. The zero-order chi connectivity index (χ0) is 15.6. The van der Waals surface area contributed by atoms with E-state index in [0.717, 1.165) is 31.6 Å². The van der Waals surface area contributed by atoms with Gasteiger partial charge in [-0.05, 0) is 36.2 Å². The van der Waals surface area contributed by atoms with E-state index in [-0.39, 0.29) is 5.91 Å². The fourth-order valence-electron chi connectivity index (χ4n) is 2.11. The molecule has 0 fully saturated rings. The van der Waals surface area contributed by atoms with Gasteiger partial charge in [0.1, 0.15) is 5.75 Å². The molecule has 1 N–H and O–H groups in total. The molecule has 22 heavy (non-hydrogen) atoms. The Morgan fingerprint density at radius 1 is 1.05 bits per heavy atom. The standard InChI is InChI=1S/C19H23NO2/c1-2-3-14-20-19(21)17-9-11-18(12-10-17)22-15-13-16-7-5-4-6-8-16/h4-12H,2-3,13-15H2,1H3,(H,20,21). The van der Waals surface area contributed by atoms with Gasteiger partial charge in [-0.1, -0.05) is 43.7 Å². The van der Waals surface area contributed by atoms with E-state index in [1.165, 1.54) is 5.56 Å². The van der Waals surface area contributed by atoms with Gasteiger partial charge in [0.05, 0.1) is 6.61 Å². The second kappa shape index (κ2) is 8.88. The molecule has 0 bridgehead atoms. The minimum Gasteiger partial charge on any atom is -0.493 e. The average molecular weight is 297 g/mol. The minimum atomic E-state index is -0.0238. The van der Waals surface area contributed by atoms with Crippen LogP contribution in [0.2, 0.25) is 0 Å². The Bertz CT molecular complexity index is 564. The van der Waals surface area contributed by atoms with Gasteiger partial charge in [-0.25, -0.2) is 0 Å². The molecule has 3 nitrogen and oxygen atoms in total. The molecule has 0 saturated heterocycles. The Hall–Kier alpha value is -2.29. The van der Waals surface area contributed by atoms with Crippen molar-refractivity contribution in [3.63, 3.8) is 0 Å². The highest BCUT2D eigenvalue weighted by Crippen LogP contribution is 2.13. The molecule has 0 spiro atoms. The summed E-state index contributed by atoms with van der Waals surface area (Å²) in [5.74, 6) is 0.769. The molecule has 116 valence electrons. The second-order valence-electron chi connectivity index (χ2n) is 5.22. The Morgan fingerprint density at radius 2 is 1.77 bits per heavy atom. The van der Waals surface area contributed by atoms with Gasteiger partial charge in [0.25, 0.3) is 5.91 Å². The zero-order valence-electron chi connectivity index (χ0n) is 13.0. The van der Waals surface area contributed by atoms with Gasteiger partial charge < -0.3 is 10.1 Å². The first-order chi connectivity index (χ1) is 10.8. The third kappa shape index (κ3) is 5.24. The summed E-state index contributed by atoms with van der Waals surface area (Å²) in [5.41, 5.74) is 1.93. The Labute approximate surface area is 132 Å². The van der Waals surface area contributed by atoms with Crippen LogP contribution in [0.3, 0.4) is 0 Å². The quantitative estimate of drug-likeness (QED) is 0.752. The topological polar surface area (TPSA) is 38.3 Å². The molecule has 2 aromatic rings. The van der Waals surface area contributed by atoms with Crippen LogP contribution >= 0.6 is 0 Å². The largest absolute Gasteiger partial charge is 0.493 e. The lowest BCUT2D eigenvalue weighted by Gasteiger charge is -2.08. The molecule has 0 unspecified atom stereocenters. The maximum atomic E-state index is 11.9. The third-order valence-electron chi connectivity index (χ3n) is 3.43. The molecule has 0 aliphatic heterocycles. The summed E-state index contributed by atoms with van der Waals surface area (Å²) in [5, 5.41) is 2.90. The number of unbranched alkanes of at least 4 members (excludes halogenated alkanes) is 1. The number of rotatable bonds is 8. The number of amides is 1. The summed E-state index contributed by atoms with van der Waals surface area (Å²) in [7, 11) is 0. The molecule has 0 heterocycles. The normalized spacial score (nSPS) is 10.2. The van der Waals surface area contributed by atoms with Crippen molar-refractivity contribution in [3.05, 3.63) is 65.7 Å². The Kier molecular flexibility index (Phi) is 6.49. The molecule has 0 aromatic heterocycles. The number of ether oxygens (including phenoxy) is 1. The molecule has 0 atom stereocenters. The number of nitrogens with one attached hydrogen (secondary N) is 1. The smallest absolute Gasteiger partial charge is 0.251 e. The monoisotopic (exact) mass is 297 g/mol. The van der Waals surface area contributed by atoms with Gasteiger partial charge in [-0.2, -0.15) is 0 Å². The van der Waals surface area contributed by atoms with E-state index in [1.54, 1.807) is 12.1 Å². The molecule has 3 heteroatoms. The van der Waals surface area contributed by atoms with Crippen LogP contribution in [-0.2, 0) is 6.42 Å². The summed E-state index contributed by atoms with van der Waals surface area (Å²) in [4.78, 5) is 11.9. The van der Waals surface area contributed by atoms with Gasteiger partial charge in [0, 0.05) is 18.5 Å². The van der Waals surface area contributed by atoms with E-state index in [2.05, 4.69) is 24.4 Å². The van der Waals surface area contributed by atoms with Crippen LogP contribution in [0.15, 0.2) is 54.6 Å². The predicted molar refractivity (Wildman–Crippen MR) is 89.3 cm³/mol. The molecule has 0 radical (unpaired) electrons. The number of carbonyl (C=O) groups is 1. The lowest BCUT2D eigenvalue weighted by atomic mass is 10.2. The van der Waals surface area contributed by atoms with Crippen molar-refractivity contribution in [2.75, 3.05) is 13.2 Å². The van der Waals surface area contributed by atoms with Crippen molar-refractivity contribution in [3.8, 4) is 5.75 Å². The van der Waals surface area contributed by atoms with E-state index in [9.17, 15) is 4.79 Å². The van der Waals surface area contributed by atoms with Crippen LogP contribution in [0.5, 0.6) is 5.75 Å². The van der Waals surface area contributed by atoms with Crippen LogP contribution in [0.25, 0.3) is 0 Å². The van der Waals surface area contributed by atoms with Crippen LogP contribution in [0.1, 0.15) is 35.7 Å². The molecule has 0 aliphatic carbocycles. The molecule has 2 rings (SSSR count). The lowest BCUT2D eigenvalue weighted by Crippen LogP contribution is -2.24. The van der Waals surface area contributed by atoms with Gasteiger partial charge in [-0.3, -0.25) is 4.79 Å². The maximum absolute atomic E-state index is 11.9. The van der Waals surface area contributed by atoms with Crippen molar-refractivity contribution in [2.24, 2.45) is 0 Å². The zero-order valence-corrected chi connectivity index (χ0v) is 13.0. The minimum absolute atomic E-state index is 0.0238. The summed E-state index contributed by atoms with van der Waals surface area (Å²) in [6.07, 6.45) is 2.96. The number of benzene rings is 2. The number of hydrogen-bond donors (Lipinski definition) is 1. The van der Waals surface area contributed by atoms with E-state index in [0.29, 0.717) is 12.2 Å². The van der Waals surface area contributed by atoms with Gasteiger partial charge in [0.2, 0.25) is 0 Å². The van der Waals surface area contributed by atoms with E-state index < -0.39 is 0 Å². The van der Waals surface area contributed by atoms with Crippen molar-refractivity contribution >= 4 is 5.91 Å². The predicted octanol–water partition coefficient (Wildman–Crippen LogP) is 3.84. The van der Waals surface area contributed by atoms with Crippen LogP contribution < -0.4 is 10.1 Å². The second-order valence-corrected chi connectivity index (χ2v) is 5.22. The summed E-state index contributed by atoms with van der Waals surface area (Å²) >= 11 is 0. The lowest BCUT2D eigenvalue weighted by molar-refractivity contribution is 0.0953. The first kappa shape index (κ1) is 16.1. The van der Waals surface area contributed by atoms with E-state index >= 15 is 0 Å². The summed E-state index contributed by atoms with van der Waals surface area (Å²) in [6.45, 7) is 3.46. The first-order valence-electron chi connectivity index (χ1n) is 7.84. The van der Waals surface area contributed by atoms with E-state index in [1.807, 2.05) is 30.3 Å². The van der Waals surface area contributed by atoms with Crippen molar-refractivity contribution in [1.29, 1.82) is 0 Å². The highest BCUT2D eigenvalue weighted by atomic mass is 16.5. The molecule has 2 aromatic carbocycles. The van der Waals surface area contributed by atoms with Crippen molar-refractivity contribution < 1.29 is 9.53 Å². The summed E-state index contributed by atoms with van der Waals surface area (Å²) in [6, 6.07) is 17.6. The van der Waals surface area contributed by atoms with E-state index in [4.69, 9.17) is 4.74 Å². The molecule has 0 aliphatic rings.